The van der Waals surface area contributed by atoms with E-state index in [1.165, 1.54) is 12.1 Å². The van der Waals surface area contributed by atoms with Crippen molar-refractivity contribution in [1.29, 1.82) is 0 Å². The van der Waals surface area contributed by atoms with Gasteiger partial charge in [-0.15, -0.1) is 0 Å². The molecule has 0 radical (unpaired) electrons. The van der Waals surface area contributed by atoms with Gasteiger partial charge in [-0.25, -0.2) is 0 Å². The summed E-state index contributed by atoms with van der Waals surface area (Å²) in [4.78, 5) is 33.6. The van der Waals surface area contributed by atoms with Crippen molar-refractivity contribution in [1.82, 2.24) is 5.32 Å². The molecule has 1 unspecified atom stereocenters. The number of nitrogens with zero attached hydrogens (tertiary/aromatic N) is 1. The van der Waals surface area contributed by atoms with Crippen LogP contribution < -0.4 is 16.4 Å². The van der Waals surface area contributed by atoms with Crippen LogP contribution in [0.2, 0.25) is 0 Å². The molecule has 136 valence electrons. The molecule has 0 aliphatic rings. The van der Waals surface area contributed by atoms with Gasteiger partial charge in [-0.1, -0.05) is 30.3 Å². The zero-order chi connectivity index (χ0) is 19.1. The van der Waals surface area contributed by atoms with Crippen LogP contribution >= 0.6 is 0 Å². The molecule has 26 heavy (non-hydrogen) atoms. The van der Waals surface area contributed by atoms with E-state index in [-0.39, 0.29) is 23.5 Å². The van der Waals surface area contributed by atoms with Gasteiger partial charge in [-0.05, 0) is 17.7 Å². The van der Waals surface area contributed by atoms with Crippen molar-refractivity contribution in [2.75, 3.05) is 11.1 Å². The Hall–Kier alpha value is -3.46. The van der Waals surface area contributed by atoms with Gasteiger partial charge in [-0.3, -0.25) is 25.0 Å². The first-order chi connectivity index (χ1) is 12.4. The minimum atomic E-state index is -1.17. The molecule has 0 saturated carbocycles. The van der Waals surface area contributed by atoms with E-state index in [1.807, 2.05) is 30.3 Å². The van der Waals surface area contributed by atoms with Gasteiger partial charge in [0.2, 0.25) is 5.91 Å². The maximum atomic E-state index is 12.1. The highest BCUT2D eigenvalue weighted by Gasteiger charge is 2.21. The zero-order valence-electron chi connectivity index (χ0n) is 13.7. The van der Waals surface area contributed by atoms with Crippen LogP contribution in [0.5, 0.6) is 0 Å². The van der Waals surface area contributed by atoms with Gasteiger partial charge in [0.25, 0.3) is 5.69 Å². The summed E-state index contributed by atoms with van der Waals surface area (Å²) in [6, 6.07) is 11.9. The Morgan fingerprint density at radius 2 is 1.88 bits per heavy atom. The molecule has 2 rings (SSSR count). The number of carboxylic acid groups (broad SMARTS) is 1. The van der Waals surface area contributed by atoms with Crippen LogP contribution in [0.15, 0.2) is 48.5 Å². The maximum absolute atomic E-state index is 12.1. The third-order valence-electron chi connectivity index (χ3n) is 3.59. The summed E-state index contributed by atoms with van der Waals surface area (Å²) in [5, 5.41) is 25.4. The number of nitrogen functional groups attached to an aromatic ring is 1. The van der Waals surface area contributed by atoms with Crippen molar-refractivity contribution in [3.8, 4) is 0 Å². The number of amides is 1. The van der Waals surface area contributed by atoms with Gasteiger partial charge >= 0.3 is 5.97 Å². The van der Waals surface area contributed by atoms with E-state index in [0.29, 0.717) is 6.54 Å². The molecule has 2 aromatic rings. The summed E-state index contributed by atoms with van der Waals surface area (Å²) < 4.78 is 0. The first kappa shape index (κ1) is 18.9. The highest BCUT2D eigenvalue weighted by molar-refractivity contribution is 5.94. The second-order valence-electron chi connectivity index (χ2n) is 5.54. The standard InChI is InChI=1S/C17H18N4O5/c18-13-7-6-12(8-15(13)21(25)26)20-16(22)9-14(17(23)24)19-10-11-4-2-1-3-5-11/h1-8,14,19H,9-10,18H2,(H,20,22)(H,23,24). The lowest BCUT2D eigenvalue weighted by atomic mass is 10.1. The number of aliphatic carboxylic acids is 1. The van der Waals surface area contributed by atoms with E-state index in [0.717, 1.165) is 11.6 Å². The van der Waals surface area contributed by atoms with Gasteiger partial charge in [0, 0.05) is 18.3 Å². The van der Waals surface area contributed by atoms with Crippen LogP contribution in [-0.2, 0) is 16.1 Å². The normalized spacial score (nSPS) is 11.5. The van der Waals surface area contributed by atoms with E-state index in [2.05, 4.69) is 10.6 Å². The Morgan fingerprint density at radius 1 is 1.19 bits per heavy atom. The Balaban J connectivity index is 1.98. The molecule has 0 aromatic heterocycles. The first-order valence-corrected chi connectivity index (χ1v) is 7.70. The third kappa shape index (κ3) is 5.28. The number of nitro benzene ring substituents is 1. The summed E-state index contributed by atoms with van der Waals surface area (Å²) in [6.45, 7) is 0.290. The van der Waals surface area contributed by atoms with Crippen LogP contribution in [0.4, 0.5) is 17.1 Å². The van der Waals surface area contributed by atoms with Crippen LogP contribution in [0.3, 0.4) is 0 Å². The summed E-state index contributed by atoms with van der Waals surface area (Å²) >= 11 is 0. The molecule has 0 aliphatic carbocycles. The summed E-state index contributed by atoms with van der Waals surface area (Å²) in [5.74, 6) is -1.75. The molecule has 5 N–H and O–H groups in total. The fraction of sp³-hybridized carbons (Fsp3) is 0.176. The number of carboxylic acids is 1. The van der Waals surface area contributed by atoms with Gasteiger partial charge in [0.05, 0.1) is 11.3 Å². The van der Waals surface area contributed by atoms with Crippen molar-refractivity contribution in [2.45, 2.75) is 19.0 Å². The molecule has 0 saturated heterocycles. The molecular formula is C17H18N4O5. The predicted octanol–water partition coefficient (Wildman–Crippen LogP) is 1.75. The topological polar surface area (TPSA) is 148 Å². The number of nitro groups is 1. The smallest absolute Gasteiger partial charge is 0.321 e. The molecular weight excluding hydrogens is 340 g/mol. The van der Waals surface area contributed by atoms with Crippen molar-refractivity contribution in [3.05, 3.63) is 64.2 Å². The fourth-order valence-corrected chi connectivity index (χ4v) is 2.26. The van der Waals surface area contributed by atoms with E-state index in [4.69, 9.17) is 5.73 Å². The van der Waals surface area contributed by atoms with Crippen molar-refractivity contribution in [3.63, 3.8) is 0 Å². The number of hydrogen-bond donors (Lipinski definition) is 4. The quantitative estimate of drug-likeness (QED) is 0.319. The largest absolute Gasteiger partial charge is 0.480 e. The lowest BCUT2D eigenvalue weighted by Gasteiger charge is -2.14. The Morgan fingerprint density at radius 3 is 2.50 bits per heavy atom. The van der Waals surface area contributed by atoms with E-state index in [9.17, 15) is 24.8 Å². The van der Waals surface area contributed by atoms with Crippen LogP contribution in [-0.4, -0.2) is 27.9 Å². The van der Waals surface area contributed by atoms with E-state index >= 15 is 0 Å². The number of anilines is 2. The van der Waals surface area contributed by atoms with Crippen molar-refractivity contribution >= 4 is 28.9 Å². The molecule has 0 spiro atoms. The summed E-state index contributed by atoms with van der Waals surface area (Å²) in [5.41, 5.74) is 6.19. The minimum Gasteiger partial charge on any atom is -0.480 e. The molecule has 0 bridgehead atoms. The van der Waals surface area contributed by atoms with Gasteiger partial charge in [0.1, 0.15) is 11.7 Å². The number of nitrogens with two attached hydrogens (primary N) is 1. The minimum absolute atomic E-state index is 0.0269. The van der Waals surface area contributed by atoms with Crippen LogP contribution in [0.1, 0.15) is 12.0 Å². The fourth-order valence-electron chi connectivity index (χ4n) is 2.26. The number of benzene rings is 2. The molecule has 2 aromatic carbocycles. The number of rotatable bonds is 8. The Bertz CT molecular complexity index is 810. The number of hydrogen-bond acceptors (Lipinski definition) is 6. The second-order valence-corrected chi connectivity index (χ2v) is 5.54. The average molecular weight is 358 g/mol. The lowest BCUT2D eigenvalue weighted by molar-refractivity contribution is -0.383. The van der Waals surface area contributed by atoms with Crippen molar-refractivity contribution < 1.29 is 19.6 Å². The van der Waals surface area contributed by atoms with Crippen molar-refractivity contribution in [2.24, 2.45) is 0 Å². The molecule has 0 fully saturated rings. The average Bonchev–Trinajstić information content (AvgIpc) is 2.60. The summed E-state index contributed by atoms with van der Waals surface area (Å²) in [6.07, 6.45) is -0.333. The SMILES string of the molecule is Nc1ccc(NC(=O)CC(NCc2ccccc2)C(=O)O)cc1[N+](=O)[O-]. The highest BCUT2D eigenvalue weighted by Crippen LogP contribution is 2.25. The van der Waals surface area contributed by atoms with Crippen LogP contribution in [0.25, 0.3) is 0 Å². The number of carbonyl (C=O) groups excluding carboxylic acids is 1. The number of nitrogens with one attached hydrogen (secondary N) is 2. The lowest BCUT2D eigenvalue weighted by Crippen LogP contribution is -2.39. The molecule has 1 atom stereocenters. The van der Waals surface area contributed by atoms with E-state index in [1.54, 1.807) is 0 Å². The molecule has 9 nitrogen and oxygen atoms in total. The molecule has 0 heterocycles. The van der Waals surface area contributed by atoms with Gasteiger partial charge in [0.15, 0.2) is 0 Å². The molecule has 0 aliphatic heterocycles. The Labute approximate surface area is 149 Å². The molecule has 1 amide bonds. The third-order valence-corrected chi connectivity index (χ3v) is 3.59. The van der Waals surface area contributed by atoms with E-state index < -0.39 is 22.8 Å². The van der Waals surface area contributed by atoms with Gasteiger partial charge < -0.3 is 16.2 Å². The Kier molecular flexibility index (Phi) is 6.23. The predicted molar refractivity (Wildman–Crippen MR) is 95.5 cm³/mol. The number of carbonyl (C=O) groups is 2. The molecule has 9 heteroatoms. The van der Waals surface area contributed by atoms with Gasteiger partial charge in [-0.2, -0.15) is 0 Å². The monoisotopic (exact) mass is 358 g/mol. The van der Waals surface area contributed by atoms with Crippen LogP contribution in [0, 0.1) is 10.1 Å². The highest BCUT2D eigenvalue weighted by atomic mass is 16.6. The summed E-state index contributed by atoms with van der Waals surface area (Å²) in [7, 11) is 0. The maximum Gasteiger partial charge on any atom is 0.321 e. The first-order valence-electron chi connectivity index (χ1n) is 7.70. The second kappa shape index (κ2) is 8.58. The zero-order valence-corrected chi connectivity index (χ0v) is 13.7.